The molecule has 0 rings (SSSR count). The molecule has 0 aromatic rings. The highest BCUT2D eigenvalue weighted by molar-refractivity contribution is 5.71. The molecule has 0 aromatic heterocycles. The molecule has 65 heavy (non-hydrogen) atoms. The zero-order valence-electron chi connectivity index (χ0n) is 41.4. The molecule has 0 aliphatic heterocycles. The molecule has 1 atom stereocenters. The van der Waals surface area contributed by atoms with E-state index in [0.717, 1.165) is 109 Å². The highest BCUT2D eigenvalue weighted by Crippen LogP contribution is 2.11. The van der Waals surface area contributed by atoms with Crippen LogP contribution in [-0.4, -0.2) is 37.2 Å². The van der Waals surface area contributed by atoms with Crippen molar-refractivity contribution in [1.29, 1.82) is 0 Å². The van der Waals surface area contributed by atoms with E-state index in [1.54, 1.807) is 0 Å². The summed E-state index contributed by atoms with van der Waals surface area (Å²) in [6.07, 6.45) is 73.0. The second kappa shape index (κ2) is 52.2. The van der Waals surface area contributed by atoms with Gasteiger partial charge in [0.2, 0.25) is 0 Å². The monoisotopic (exact) mass is 897 g/mol. The van der Waals surface area contributed by atoms with Crippen molar-refractivity contribution in [2.45, 2.75) is 207 Å². The van der Waals surface area contributed by atoms with Crippen LogP contribution in [0.4, 0.5) is 0 Å². The molecular weight excluding hydrogens is 805 g/mol. The van der Waals surface area contributed by atoms with E-state index in [0.29, 0.717) is 19.3 Å². The quantitative estimate of drug-likeness (QED) is 0.0262. The molecule has 0 unspecified atom stereocenters. The average molecular weight is 897 g/mol. The Hall–Kier alpha value is -4.45. The number of carbonyl (C=O) groups is 3. The van der Waals surface area contributed by atoms with Crippen LogP contribution < -0.4 is 0 Å². The molecule has 0 fully saturated rings. The molecule has 0 aromatic carbocycles. The fourth-order valence-electron chi connectivity index (χ4n) is 6.33. The van der Waals surface area contributed by atoms with E-state index in [-0.39, 0.29) is 44.0 Å². The second-order valence-corrected chi connectivity index (χ2v) is 16.3. The Kier molecular flexibility index (Phi) is 48.6. The van der Waals surface area contributed by atoms with Crippen molar-refractivity contribution in [3.63, 3.8) is 0 Å². The van der Waals surface area contributed by atoms with Crippen LogP contribution in [0.3, 0.4) is 0 Å². The number of unbranched alkanes of at least 4 members (excludes halogenated alkanes) is 11. The van der Waals surface area contributed by atoms with E-state index >= 15 is 0 Å². The molecule has 0 aliphatic carbocycles. The van der Waals surface area contributed by atoms with Crippen molar-refractivity contribution < 1.29 is 28.6 Å². The Morgan fingerprint density at radius 2 is 0.631 bits per heavy atom. The fourth-order valence-corrected chi connectivity index (χ4v) is 6.33. The zero-order chi connectivity index (χ0) is 47.2. The van der Waals surface area contributed by atoms with Crippen LogP contribution in [0.25, 0.3) is 0 Å². The number of carbonyl (C=O) groups excluding carboxylic acids is 3. The van der Waals surface area contributed by atoms with Crippen LogP contribution in [0.2, 0.25) is 0 Å². The summed E-state index contributed by atoms with van der Waals surface area (Å²) in [7, 11) is 0. The third kappa shape index (κ3) is 50.4. The largest absolute Gasteiger partial charge is 0.462 e. The smallest absolute Gasteiger partial charge is 0.306 e. The maximum absolute atomic E-state index is 12.8. The molecule has 364 valence electrons. The van der Waals surface area contributed by atoms with Crippen molar-refractivity contribution >= 4 is 17.9 Å². The van der Waals surface area contributed by atoms with E-state index in [2.05, 4.69) is 142 Å². The van der Waals surface area contributed by atoms with Crippen LogP contribution in [0.15, 0.2) is 134 Å². The van der Waals surface area contributed by atoms with Gasteiger partial charge in [0.25, 0.3) is 0 Å². The lowest BCUT2D eigenvalue weighted by molar-refractivity contribution is -0.166. The SMILES string of the molecule is CC/C=C\C/C=C\C/C=C\C/C=C\C/C=C\C/C=C\CCC(=O)OC[C@@H](COC(=O)CCCCCCC/C=C\CCCCCC)OC(=O)CCCC/C=C\C/C=C\C/C=C\C/C=C\CC. The van der Waals surface area contributed by atoms with Gasteiger partial charge in [0, 0.05) is 19.3 Å². The van der Waals surface area contributed by atoms with Crippen molar-refractivity contribution in [2.24, 2.45) is 0 Å². The number of esters is 3. The van der Waals surface area contributed by atoms with Crippen LogP contribution in [0.5, 0.6) is 0 Å². The average Bonchev–Trinajstić information content (AvgIpc) is 3.30. The van der Waals surface area contributed by atoms with Crippen LogP contribution in [0.1, 0.15) is 201 Å². The number of allylic oxidation sites excluding steroid dienone is 22. The van der Waals surface area contributed by atoms with Crippen LogP contribution in [-0.2, 0) is 28.6 Å². The lowest BCUT2D eigenvalue weighted by atomic mass is 10.1. The molecule has 0 saturated carbocycles. The third-order valence-electron chi connectivity index (χ3n) is 10.1. The molecule has 0 aliphatic rings. The summed E-state index contributed by atoms with van der Waals surface area (Å²) in [6, 6.07) is 0. The Morgan fingerprint density at radius 3 is 1.08 bits per heavy atom. The molecule has 0 amide bonds. The van der Waals surface area contributed by atoms with Gasteiger partial charge in [-0.05, 0) is 122 Å². The van der Waals surface area contributed by atoms with E-state index < -0.39 is 6.10 Å². The molecule has 6 heteroatoms. The standard InChI is InChI=1S/C59H92O6/c1-4-7-10-13-16-19-22-25-27-28-29-30-32-34-37-40-43-46-49-52-58(61)64-55-56(54-63-57(60)51-48-45-42-39-36-33-24-21-18-15-12-9-6-3)65-59(62)53-50-47-44-41-38-35-31-26-23-20-17-14-11-8-5-2/h7-8,10-11,16-17,19-21,24-27,29-31,34,37-38,41,43,46,56H,4-6,9,12-15,18,22-23,28,32-33,35-36,39-40,42,44-45,47-55H2,1-3H3/b10-7-,11-8-,19-16-,20-17-,24-21-,27-25-,30-29-,31-26-,37-34-,41-38-,46-43-/t56-/m1/s1. The van der Waals surface area contributed by atoms with Gasteiger partial charge < -0.3 is 14.2 Å². The Labute approximate surface area is 398 Å². The first kappa shape index (κ1) is 60.5. The molecule has 0 radical (unpaired) electrons. The van der Waals surface area contributed by atoms with Gasteiger partial charge in [0.15, 0.2) is 6.10 Å². The summed E-state index contributed by atoms with van der Waals surface area (Å²) >= 11 is 0. The Bertz CT molecular complexity index is 1450. The normalized spacial score (nSPS) is 13.2. The predicted octanol–water partition coefficient (Wildman–Crippen LogP) is 17.1. The molecule has 0 saturated heterocycles. The van der Waals surface area contributed by atoms with Gasteiger partial charge in [0.05, 0.1) is 0 Å². The topological polar surface area (TPSA) is 78.9 Å². The molecule has 0 heterocycles. The zero-order valence-corrected chi connectivity index (χ0v) is 41.4. The highest BCUT2D eigenvalue weighted by Gasteiger charge is 2.19. The summed E-state index contributed by atoms with van der Waals surface area (Å²) in [5, 5.41) is 0. The van der Waals surface area contributed by atoms with E-state index in [4.69, 9.17) is 14.2 Å². The maximum Gasteiger partial charge on any atom is 0.306 e. The third-order valence-corrected chi connectivity index (χ3v) is 10.1. The maximum atomic E-state index is 12.8. The minimum absolute atomic E-state index is 0.127. The van der Waals surface area contributed by atoms with E-state index in [1.165, 1.54) is 38.5 Å². The first-order valence-electron chi connectivity index (χ1n) is 25.7. The van der Waals surface area contributed by atoms with Gasteiger partial charge >= 0.3 is 17.9 Å². The summed E-state index contributed by atoms with van der Waals surface area (Å²) in [5.41, 5.74) is 0. The summed E-state index contributed by atoms with van der Waals surface area (Å²) in [6.45, 7) is 6.26. The molecule has 6 nitrogen and oxygen atoms in total. The second-order valence-electron chi connectivity index (χ2n) is 16.3. The minimum atomic E-state index is -0.838. The van der Waals surface area contributed by atoms with Gasteiger partial charge in [-0.2, -0.15) is 0 Å². The van der Waals surface area contributed by atoms with Gasteiger partial charge in [-0.1, -0.05) is 193 Å². The van der Waals surface area contributed by atoms with Gasteiger partial charge in [-0.25, -0.2) is 0 Å². The molecule has 0 N–H and O–H groups in total. The number of hydrogen-bond acceptors (Lipinski definition) is 6. The Morgan fingerprint density at radius 1 is 0.323 bits per heavy atom. The number of hydrogen-bond donors (Lipinski definition) is 0. The first-order chi connectivity index (χ1) is 32.0. The van der Waals surface area contributed by atoms with Gasteiger partial charge in [0.1, 0.15) is 13.2 Å². The first-order valence-corrected chi connectivity index (χ1v) is 25.7. The minimum Gasteiger partial charge on any atom is -0.462 e. The summed E-state index contributed by atoms with van der Waals surface area (Å²) in [4.78, 5) is 37.9. The fraction of sp³-hybridized carbons (Fsp3) is 0.576. The molecular formula is C59H92O6. The van der Waals surface area contributed by atoms with Gasteiger partial charge in [-0.3, -0.25) is 14.4 Å². The summed E-state index contributed by atoms with van der Waals surface area (Å²) < 4.78 is 16.7. The lowest BCUT2D eigenvalue weighted by Gasteiger charge is -2.18. The van der Waals surface area contributed by atoms with Crippen molar-refractivity contribution in [1.82, 2.24) is 0 Å². The summed E-state index contributed by atoms with van der Waals surface area (Å²) in [5.74, 6) is -1.08. The number of rotatable bonds is 44. The lowest BCUT2D eigenvalue weighted by Crippen LogP contribution is -2.30. The van der Waals surface area contributed by atoms with Crippen molar-refractivity contribution in [3.8, 4) is 0 Å². The van der Waals surface area contributed by atoms with Crippen LogP contribution in [0, 0.1) is 0 Å². The molecule has 0 spiro atoms. The van der Waals surface area contributed by atoms with Crippen LogP contribution >= 0.6 is 0 Å². The highest BCUT2D eigenvalue weighted by atomic mass is 16.6. The predicted molar refractivity (Wildman–Crippen MR) is 279 cm³/mol. The van der Waals surface area contributed by atoms with E-state index in [1.807, 2.05) is 12.2 Å². The van der Waals surface area contributed by atoms with Crippen molar-refractivity contribution in [2.75, 3.05) is 13.2 Å². The van der Waals surface area contributed by atoms with Crippen molar-refractivity contribution in [3.05, 3.63) is 134 Å². The van der Waals surface area contributed by atoms with Gasteiger partial charge in [-0.15, -0.1) is 0 Å². The Balaban J connectivity index is 4.60. The van der Waals surface area contributed by atoms with E-state index in [9.17, 15) is 14.4 Å². The number of ether oxygens (including phenoxy) is 3. The molecule has 0 bridgehead atoms.